The second kappa shape index (κ2) is 15.3. The number of piperidine rings is 1. The van der Waals surface area contributed by atoms with E-state index in [9.17, 15) is 19.5 Å². The van der Waals surface area contributed by atoms with Crippen molar-refractivity contribution in [2.75, 3.05) is 80.9 Å². The molecule has 0 spiro atoms. The Morgan fingerprint density at radius 1 is 1.11 bits per heavy atom. The predicted molar refractivity (Wildman–Crippen MR) is 167 cm³/mol. The molecule has 3 aliphatic heterocycles. The first-order chi connectivity index (χ1) is 21.0. The molecule has 2 amide bonds. The van der Waals surface area contributed by atoms with Gasteiger partial charge in [-0.25, -0.2) is 0 Å². The molecule has 1 unspecified atom stereocenters. The fraction of sp³-hybridized carbons (Fsp3) is 0.727. The van der Waals surface area contributed by atoms with Crippen molar-refractivity contribution >= 4 is 17.8 Å². The molecule has 0 aliphatic carbocycles. The number of amides is 2. The number of hydrogen-bond donors (Lipinski definition) is 1. The van der Waals surface area contributed by atoms with Crippen LogP contribution in [0.4, 0.5) is 0 Å². The van der Waals surface area contributed by atoms with Gasteiger partial charge in [0.25, 0.3) is 0 Å². The number of benzene rings is 1. The number of carbonyl (C=O) groups is 3. The topological polar surface area (TPSA) is 109 Å². The van der Waals surface area contributed by atoms with Gasteiger partial charge in [-0.2, -0.15) is 0 Å². The third-order valence-corrected chi connectivity index (χ3v) is 9.24. The zero-order valence-electron chi connectivity index (χ0n) is 27.4. The smallest absolute Gasteiger partial charge is 0.308 e. The Labute approximate surface area is 262 Å². The van der Waals surface area contributed by atoms with E-state index < -0.39 is 17.9 Å². The maximum Gasteiger partial charge on any atom is 0.308 e. The van der Waals surface area contributed by atoms with Crippen LogP contribution in [0.15, 0.2) is 12.1 Å². The largest absolute Gasteiger partial charge is 0.493 e. The van der Waals surface area contributed by atoms with Crippen molar-refractivity contribution < 1.29 is 38.2 Å². The summed E-state index contributed by atoms with van der Waals surface area (Å²) in [6, 6.07) is 3.29. The number of aliphatic carboxylic acids is 1. The summed E-state index contributed by atoms with van der Waals surface area (Å²) in [5.41, 5.74) is 0.788. The number of methoxy groups -OCH3 is 1. The lowest BCUT2D eigenvalue weighted by molar-refractivity contribution is -0.870. The quantitative estimate of drug-likeness (QED) is 0.222. The Morgan fingerprint density at radius 2 is 1.89 bits per heavy atom. The van der Waals surface area contributed by atoms with Crippen LogP contribution in [-0.4, -0.2) is 129 Å². The van der Waals surface area contributed by atoms with Gasteiger partial charge in [0, 0.05) is 51.1 Å². The summed E-state index contributed by atoms with van der Waals surface area (Å²) >= 11 is 0. The molecule has 44 heavy (non-hydrogen) atoms. The molecule has 0 bridgehead atoms. The Balaban J connectivity index is 1.57. The highest BCUT2D eigenvalue weighted by atomic mass is 16.7. The van der Waals surface area contributed by atoms with Crippen molar-refractivity contribution in [3.05, 3.63) is 17.7 Å². The zero-order chi connectivity index (χ0) is 31.9. The summed E-state index contributed by atoms with van der Waals surface area (Å²) in [6.45, 7) is 6.39. The highest BCUT2D eigenvalue weighted by Gasteiger charge is 2.48. The standard InChI is InChI=1S/C33H52N4O7/c1-6-7-14-34(16-10-11-18-37(2,3)4)30(39)22-36-21-25(24-19-27(42-5)32-28(20-24)43-23-44-32)31(33(40)41)26(36)13-17-35-15-9-8-12-29(35)38/h19-20,25-26,31H,6-18,21-23H2,1-5H3/p+1/t25-,26+,31?/m1/s1. The fourth-order valence-corrected chi connectivity index (χ4v) is 6.81. The molecule has 0 saturated carbocycles. The molecule has 2 saturated heterocycles. The van der Waals surface area contributed by atoms with E-state index in [1.165, 1.54) is 0 Å². The van der Waals surface area contributed by atoms with Gasteiger partial charge in [0.05, 0.1) is 47.3 Å². The Kier molecular flexibility index (Phi) is 11.8. The van der Waals surface area contributed by atoms with Crippen molar-refractivity contribution in [2.24, 2.45) is 5.92 Å². The van der Waals surface area contributed by atoms with Crippen LogP contribution in [0.5, 0.6) is 17.2 Å². The third kappa shape index (κ3) is 8.56. The fourth-order valence-electron chi connectivity index (χ4n) is 6.81. The Morgan fingerprint density at radius 3 is 2.57 bits per heavy atom. The van der Waals surface area contributed by atoms with Crippen LogP contribution in [0.3, 0.4) is 0 Å². The molecule has 4 rings (SSSR count). The number of carboxylic acids is 1. The number of nitrogens with zero attached hydrogens (tertiary/aromatic N) is 4. The SMILES string of the molecule is CCCCN(CCCC[N+](C)(C)C)C(=O)CN1C[C@H](c2cc(OC)c3c(c2)OCO3)C(C(=O)O)[C@@H]1CCN1CCCCC1=O. The van der Waals surface area contributed by atoms with Gasteiger partial charge in [-0.1, -0.05) is 13.3 Å². The van der Waals surface area contributed by atoms with Gasteiger partial charge in [-0.15, -0.1) is 0 Å². The monoisotopic (exact) mass is 617 g/mol. The number of carbonyl (C=O) groups excluding carboxylic acids is 2. The van der Waals surface area contributed by atoms with Crippen molar-refractivity contribution in [3.8, 4) is 17.2 Å². The minimum atomic E-state index is -0.903. The van der Waals surface area contributed by atoms with Crippen LogP contribution in [0.25, 0.3) is 0 Å². The van der Waals surface area contributed by atoms with Crippen LogP contribution in [0, 0.1) is 5.92 Å². The van der Waals surface area contributed by atoms with Crippen LogP contribution in [0.2, 0.25) is 0 Å². The van der Waals surface area contributed by atoms with Crippen LogP contribution >= 0.6 is 0 Å². The summed E-state index contributed by atoms with van der Waals surface area (Å²) < 4.78 is 17.7. The molecular formula is C33H53N4O7+. The van der Waals surface area contributed by atoms with Gasteiger partial charge in [-0.3, -0.25) is 19.3 Å². The summed E-state index contributed by atoms with van der Waals surface area (Å²) in [6.07, 6.45) is 6.77. The zero-order valence-corrected chi connectivity index (χ0v) is 27.4. The minimum absolute atomic E-state index is 0.0378. The van der Waals surface area contributed by atoms with Crippen LogP contribution in [-0.2, 0) is 14.4 Å². The average Bonchev–Trinajstić information content (AvgIpc) is 3.60. The first-order valence-electron chi connectivity index (χ1n) is 16.3. The van der Waals surface area contributed by atoms with E-state index in [0.29, 0.717) is 62.8 Å². The summed E-state index contributed by atoms with van der Waals surface area (Å²) in [4.78, 5) is 45.4. The van der Waals surface area contributed by atoms with Crippen molar-refractivity contribution in [2.45, 2.75) is 70.3 Å². The number of quaternary nitrogens is 1. The Bertz CT molecular complexity index is 1150. The van der Waals surface area contributed by atoms with Gasteiger partial charge in [0.15, 0.2) is 11.5 Å². The maximum absolute atomic E-state index is 13.9. The van der Waals surface area contributed by atoms with E-state index in [-0.39, 0.29) is 31.1 Å². The third-order valence-electron chi connectivity index (χ3n) is 9.24. The van der Waals surface area contributed by atoms with Gasteiger partial charge in [0.1, 0.15) is 0 Å². The molecule has 2 fully saturated rings. The van der Waals surface area contributed by atoms with E-state index in [4.69, 9.17) is 14.2 Å². The molecule has 11 nitrogen and oxygen atoms in total. The highest BCUT2D eigenvalue weighted by Crippen LogP contribution is 2.47. The van der Waals surface area contributed by atoms with Crippen LogP contribution < -0.4 is 14.2 Å². The predicted octanol–water partition coefficient (Wildman–Crippen LogP) is 3.41. The lowest BCUT2D eigenvalue weighted by atomic mass is 9.84. The molecule has 3 heterocycles. The molecule has 0 aromatic heterocycles. The highest BCUT2D eigenvalue weighted by molar-refractivity contribution is 5.79. The molecule has 246 valence electrons. The first-order valence-corrected chi connectivity index (χ1v) is 16.3. The average molecular weight is 618 g/mol. The second-order valence-electron chi connectivity index (χ2n) is 13.5. The van der Waals surface area contributed by atoms with Crippen molar-refractivity contribution in [1.82, 2.24) is 14.7 Å². The normalized spacial score (nSPS) is 22.0. The molecule has 1 N–H and O–H groups in total. The summed E-state index contributed by atoms with van der Waals surface area (Å²) in [5.74, 6) is -0.335. The lowest BCUT2D eigenvalue weighted by Gasteiger charge is -2.32. The molecule has 11 heteroatoms. The minimum Gasteiger partial charge on any atom is -0.493 e. The van der Waals surface area contributed by atoms with Gasteiger partial charge >= 0.3 is 5.97 Å². The molecule has 1 aromatic carbocycles. The van der Waals surface area contributed by atoms with Gasteiger partial charge < -0.3 is 33.6 Å². The van der Waals surface area contributed by atoms with Crippen LogP contribution in [0.1, 0.15) is 69.8 Å². The van der Waals surface area contributed by atoms with Crippen molar-refractivity contribution in [3.63, 3.8) is 0 Å². The van der Waals surface area contributed by atoms with Gasteiger partial charge in [0.2, 0.25) is 24.4 Å². The Hall–Kier alpha value is -3.05. The summed E-state index contributed by atoms with van der Waals surface area (Å²) in [7, 11) is 8.08. The molecular weight excluding hydrogens is 564 g/mol. The van der Waals surface area contributed by atoms with E-state index in [2.05, 4.69) is 33.0 Å². The van der Waals surface area contributed by atoms with Crippen molar-refractivity contribution in [1.29, 1.82) is 0 Å². The number of unbranched alkanes of at least 4 members (excludes halogenated alkanes) is 2. The van der Waals surface area contributed by atoms with Gasteiger partial charge in [-0.05, 0) is 56.2 Å². The number of fused-ring (bicyclic) bond motifs is 1. The molecule has 0 radical (unpaired) electrons. The number of likely N-dealkylation sites (tertiary alicyclic amines) is 2. The molecule has 3 aliphatic rings. The summed E-state index contributed by atoms with van der Waals surface area (Å²) in [5, 5.41) is 10.6. The molecule has 1 aromatic rings. The number of carboxylic acid groups (broad SMARTS) is 1. The first kappa shape index (κ1) is 33.8. The van der Waals surface area contributed by atoms with E-state index in [1.54, 1.807) is 7.11 Å². The van der Waals surface area contributed by atoms with E-state index in [0.717, 1.165) is 55.1 Å². The number of hydrogen-bond acceptors (Lipinski definition) is 7. The lowest BCUT2D eigenvalue weighted by Crippen LogP contribution is -2.46. The molecule has 3 atom stereocenters. The number of ether oxygens (including phenoxy) is 3. The van der Waals surface area contributed by atoms with E-state index >= 15 is 0 Å². The maximum atomic E-state index is 13.9. The number of rotatable bonds is 16. The second-order valence-corrected chi connectivity index (χ2v) is 13.5. The van der Waals surface area contributed by atoms with E-state index in [1.807, 2.05) is 21.9 Å².